The summed E-state index contributed by atoms with van der Waals surface area (Å²) < 4.78 is 6.88. The SMILES string of the molecule is CCNC(=O)C(Cc1ccccc1)N(Cc1ccccc1C)C(=O)COc1ccc(I)cc1. The summed E-state index contributed by atoms with van der Waals surface area (Å²) >= 11 is 2.22. The number of carbonyl (C=O) groups is 2. The molecule has 1 N–H and O–H groups in total. The van der Waals surface area contributed by atoms with Crippen molar-refractivity contribution in [2.45, 2.75) is 32.9 Å². The lowest BCUT2D eigenvalue weighted by atomic mass is 10.0. The molecule has 0 saturated carbocycles. The average Bonchev–Trinajstić information content (AvgIpc) is 2.82. The van der Waals surface area contributed by atoms with Gasteiger partial charge in [0.05, 0.1) is 0 Å². The Balaban J connectivity index is 1.89. The Morgan fingerprint density at radius 1 is 0.970 bits per heavy atom. The number of ether oxygens (including phenoxy) is 1. The summed E-state index contributed by atoms with van der Waals surface area (Å²) in [6.45, 7) is 4.58. The standard InChI is InChI=1S/C27H29IN2O3/c1-3-29-27(32)25(17-21-10-5-4-6-11-21)30(18-22-12-8-7-9-20(22)2)26(31)19-33-24-15-13-23(28)14-16-24/h4-16,25H,3,17-19H2,1-2H3,(H,29,32). The highest BCUT2D eigenvalue weighted by atomic mass is 127. The van der Waals surface area contributed by atoms with Gasteiger partial charge in [-0.3, -0.25) is 9.59 Å². The number of halogens is 1. The number of carbonyl (C=O) groups excluding carboxylic acids is 2. The van der Waals surface area contributed by atoms with E-state index >= 15 is 0 Å². The Morgan fingerprint density at radius 3 is 2.30 bits per heavy atom. The number of amides is 2. The number of aryl methyl sites for hydroxylation is 1. The lowest BCUT2D eigenvalue weighted by molar-refractivity contribution is -0.142. The summed E-state index contributed by atoms with van der Waals surface area (Å²) in [5, 5.41) is 2.91. The number of hydrogen-bond acceptors (Lipinski definition) is 3. The number of nitrogens with one attached hydrogen (secondary N) is 1. The Morgan fingerprint density at radius 2 is 1.64 bits per heavy atom. The van der Waals surface area contributed by atoms with Crippen LogP contribution in [-0.4, -0.2) is 35.9 Å². The highest BCUT2D eigenvalue weighted by molar-refractivity contribution is 14.1. The minimum absolute atomic E-state index is 0.142. The van der Waals surface area contributed by atoms with E-state index in [4.69, 9.17) is 4.74 Å². The molecule has 0 aliphatic carbocycles. The van der Waals surface area contributed by atoms with Gasteiger partial charge in [-0.15, -0.1) is 0 Å². The maximum atomic E-state index is 13.5. The van der Waals surface area contributed by atoms with Crippen molar-refractivity contribution in [1.29, 1.82) is 0 Å². The van der Waals surface area contributed by atoms with Crippen molar-refractivity contribution in [3.63, 3.8) is 0 Å². The second-order valence-electron chi connectivity index (χ2n) is 7.79. The van der Waals surface area contributed by atoms with E-state index in [2.05, 4.69) is 27.9 Å². The summed E-state index contributed by atoms with van der Waals surface area (Å²) in [5.74, 6) is 0.221. The molecule has 3 aromatic carbocycles. The van der Waals surface area contributed by atoms with Gasteiger partial charge in [0.25, 0.3) is 5.91 Å². The normalized spacial score (nSPS) is 11.5. The zero-order chi connectivity index (χ0) is 23.6. The van der Waals surface area contributed by atoms with Gasteiger partial charge in [0, 0.05) is 23.1 Å². The van der Waals surface area contributed by atoms with Gasteiger partial charge < -0.3 is 15.0 Å². The van der Waals surface area contributed by atoms with Crippen LogP contribution in [0.1, 0.15) is 23.6 Å². The molecule has 33 heavy (non-hydrogen) atoms. The molecule has 0 aromatic heterocycles. The van der Waals surface area contributed by atoms with Crippen LogP contribution in [0, 0.1) is 10.5 Å². The summed E-state index contributed by atoms with van der Waals surface area (Å²) in [4.78, 5) is 28.2. The van der Waals surface area contributed by atoms with Gasteiger partial charge in [-0.1, -0.05) is 54.6 Å². The first-order chi connectivity index (χ1) is 16.0. The van der Waals surface area contributed by atoms with Gasteiger partial charge in [0.1, 0.15) is 11.8 Å². The molecule has 0 spiro atoms. The number of benzene rings is 3. The molecule has 3 rings (SSSR count). The van der Waals surface area contributed by atoms with Gasteiger partial charge in [-0.05, 0) is 77.4 Å². The summed E-state index contributed by atoms with van der Waals surface area (Å²) in [6, 6.07) is 24.6. The molecule has 5 nitrogen and oxygen atoms in total. The number of nitrogens with zero attached hydrogens (tertiary/aromatic N) is 1. The highest BCUT2D eigenvalue weighted by Crippen LogP contribution is 2.18. The molecule has 0 aliphatic heterocycles. The third-order valence-corrected chi connectivity index (χ3v) is 6.12. The first-order valence-corrected chi connectivity index (χ1v) is 12.1. The Bertz CT molecular complexity index is 1050. The molecule has 3 aromatic rings. The summed E-state index contributed by atoms with van der Waals surface area (Å²) in [5.41, 5.74) is 3.07. The van der Waals surface area contributed by atoms with E-state index in [-0.39, 0.29) is 18.4 Å². The van der Waals surface area contributed by atoms with E-state index in [1.54, 1.807) is 4.90 Å². The second kappa shape index (κ2) is 12.4. The predicted octanol–water partition coefficient (Wildman–Crippen LogP) is 4.75. The van der Waals surface area contributed by atoms with Crippen molar-refractivity contribution in [3.05, 3.63) is 99.1 Å². The lowest BCUT2D eigenvalue weighted by Crippen LogP contribution is -2.51. The van der Waals surface area contributed by atoms with Crippen LogP contribution in [0.5, 0.6) is 5.75 Å². The van der Waals surface area contributed by atoms with Crippen LogP contribution in [0.4, 0.5) is 0 Å². The van der Waals surface area contributed by atoms with E-state index in [0.29, 0.717) is 25.3 Å². The molecule has 1 atom stereocenters. The van der Waals surface area contributed by atoms with Crippen molar-refractivity contribution in [1.82, 2.24) is 10.2 Å². The van der Waals surface area contributed by atoms with Crippen molar-refractivity contribution < 1.29 is 14.3 Å². The maximum absolute atomic E-state index is 13.5. The summed E-state index contributed by atoms with van der Waals surface area (Å²) in [7, 11) is 0. The highest BCUT2D eigenvalue weighted by Gasteiger charge is 2.30. The molecule has 172 valence electrons. The fourth-order valence-corrected chi connectivity index (χ4v) is 3.94. The zero-order valence-corrected chi connectivity index (χ0v) is 21.1. The zero-order valence-electron chi connectivity index (χ0n) is 19.0. The van der Waals surface area contributed by atoms with Crippen LogP contribution in [0.3, 0.4) is 0 Å². The fourth-order valence-electron chi connectivity index (χ4n) is 3.58. The van der Waals surface area contributed by atoms with Crippen LogP contribution in [0.15, 0.2) is 78.9 Å². The van der Waals surface area contributed by atoms with Crippen LogP contribution in [-0.2, 0) is 22.6 Å². The van der Waals surface area contributed by atoms with Crippen molar-refractivity contribution >= 4 is 34.4 Å². The third kappa shape index (κ3) is 7.32. The van der Waals surface area contributed by atoms with Gasteiger partial charge in [0.2, 0.25) is 5.91 Å². The first kappa shape index (κ1) is 24.8. The Labute approximate surface area is 209 Å². The molecule has 0 bridgehead atoms. The molecule has 1 unspecified atom stereocenters. The van der Waals surface area contributed by atoms with E-state index in [9.17, 15) is 9.59 Å². The molecule has 0 saturated heterocycles. The van der Waals surface area contributed by atoms with Gasteiger partial charge >= 0.3 is 0 Å². The van der Waals surface area contributed by atoms with Crippen LogP contribution < -0.4 is 10.1 Å². The predicted molar refractivity (Wildman–Crippen MR) is 139 cm³/mol. The molecule has 0 radical (unpaired) electrons. The quantitative estimate of drug-likeness (QED) is 0.367. The van der Waals surface area contributed by atoms with E-state index in [0.717, 1.165) is 20.3 Å². The molecular formula is C27H29IN2O3. The maximum Gasteiger partial charge on any atom is 0.261 e. The van der Waals surface area contributed by atoms with Crippen molar-refractivity contribution in [2.75, 3.05) is 13.2 Å². The smallest absolute Gasteiger partial charge is 0.261 e. The number of hydrogen-bond donors (Lipinski definition) is 1. The lowest BCUT2D eigenvalue weighted by Gasteiger charge is -2.31. The van der Waals surface area contributed by atoms with Gasteiger partial charge in [-0.2, -0.15) is 0 Å². The monoisotopic (exact) mass is 556 g/mol. The second-order valence-corrected chi connectivity index (χ2v) is 9.04. The van der Waals surface area contributed by atoms with Crippen molar-refractivity contribution in [3.8, 4) is 5.75 Å². The van der Waals surface area contributed by atoms with Crippen LogP contribution in [0.25, 0.3) is 0 Å². The molecule has 6 heteroatoms. The van der Waals surface area contributed by atoms with Gasteiger partial charge in [-0.25, -0.2) is 0 Å². The van der Waals surface area contributed by atoms with Crippen LogP contribution >= 0.6 is 22.6 Å². The number of rotatable bonds is 10. The fraction of sp³-hybridized carbons (Fsp3) is 0.259. The average molecular weight is 556 g/mol. The summed E-state index contributed by atoms with van der Waals surface area (Å²) in [6.07, 6.45) is 0.424. The largest absolute Gasteiger partial charge is 0.484 e. The topological polar surface area (TPSA) is 58.6 Å². The minimum Gasteiger partial charge on any atom is -0.484 e. The molecular weight excluding hydrogens is 527 g/mol. The van der Waals surface area contributed by atoms with E-state index in [1.807, 2.05) is 92.7 Å². The third-order valence-electron chi connectivity index (χ3n) is 5.40. The Hall–Kier alpha value is -2.87. The molecule has 0 aliphatic rings. The Kier molecular flexibility index (Phi) is 9.30. The first-order valence-electron chi connectivity index (χ1n) is 11.0. The molecule has 0 heterocycles. The number of likely N-dealkylation sites (N-methyl/N-ethyl adjacent to an activating group) is 1. The van der Waals surface area contributed by atoms with Gasteiger partial charge in [0.15, 0.2) is 6.61 Å². The molecule has 2 amide bonds. The minimum atomic E-state index is -0.653. The van der Waals surface area contributed by atoms with E-state index in [1.165, 1.54) is 0 Å². The van der Waals surface area contributed by atoms with E-state index < -0.39 is 6.04 Å². The molecule has 0 fully saturated rings. The van der Waals surface area contributed by atoms with Crippen molar-refractivity contribution in [2.24, 2.45) is 0 Å². The van der Waals surface area contributed by atoms with Crippen LogP contribution in [0.2, 0.25) is 0 Å².